The van der Waals surface area contributed by atoms with Gasteiger partial charge in [0.1, 0.15) is 9.71 Å². The van der Waals surface area contributed by atoms with Crippen molar-refractivity contribution in [2.24, 2.45) is 0 Å². The van der Waals surface area contributed by atoms with Crippen molar-refractivity contribution < 1.29 is 9.53 Å². The lowest BCUT2D eigenvalue weighted by atomic mass is 10.2. The van der Waals surface area contributed by atoms with Crippen molar-refractivity contribution in [2.45, 2.75) is 20.4 Å². The minimum atomic E-state index is -0.494. The molecule has 0 bridgehead atoms. The molecule has 0 saturated heterocycles. The van der Waals surface area contributed by atoms with Crippen LogP contribution in [0.1, 0.15) is 22.2 Å². The van der Waals surface area contributed by atoms with Crippen LogP contribution in [-0.4, -0.2) is 47.3 Å². The fraction of sp³-hybridized carbons (Fsp3) is 0.350. The fourth-order valence-corrected chi connectivity index (χ4v) is 4.48. The minimum absolute atomic E-state index is 0.229. The van der Waals surface area contributed by atoms with Crippen molar-refractivity contribution in [1.29, 1.82) is 0 Å². The Morgan fingerprint density at radius 1 is 1.28 bits per heavy atom. The number of hydrogen-bond acceptors (Lipinski definition) is 6. The zero-order chi connectivity index (χ0) is 21.3. The highest BCUT2D eigenvalue weighted by molar-refractivity contribution is 7.20. The predicted octanol–water partition coefficient (Wildman–Crippen LogP) is 2.91. The van der Waals surface area contributed by atoms with Gasteiger partial charge in [-0.2, -0.15) is 0 Å². The summed E-state index contributed by atoms with van der Waals surface area (Å²) in [6.45, 7) is 4.61. The Labute approximate surface area is 176 Å². The molecule has 3 rings (SSSR count). The Kier molecular flexibility index (Phi) is 6.26. The number of carbonyl (C=O) groups is 1. The molecule has 7 nitrogen and oxygen atoms in total. The highest BCUT2D eigenvalue weighted by atomic mass is 35.5. The standard InChI is InChI=1S/C20H22ClN3O4S/c1-5-28-19(26)16-12(2)15-17(25)24(14-8-6-7-13(21)11-14)20(27)23(18(15)29-16)10-9-22(3)4/h6-8,11H,5,9-10H2,1-4H3. The van der Waals surface area contributed by atoms with Gasteiger partial charge in [0, 0.05) is 18.1 Å². The van der Waals surface area contributed by atoms with E-state index >= 15 is 0 Å². The van der Waals surface area contributed by atoms with E-state index in [9.17, 15) is 14.4 Å². The average molecular weight is 436 g/mol. The zero-order valence-corrected chi connectivity index (χ0v) is 18.3. The van der Waals surface area contributed by atoms with Crippen molar-refractivity contribution in [3.8, 4) is 5.69 Å². The second kappa shape index (κ2) is 8.52. The Hall–Kier alpha value is -2.42. The molecule has 154 valence electrons. The number of aryl methyl sites for hydroxylation is 1. The SMILES string of the molecule is CCOC(=O)c1sc2c(c1C)c(=O)n(-c1cccc(Cl)c1)c(=O)n2CCN(C)C. The summed E-state index contributed by atoms with van der Waals surface area (Å²) in [4.78, 5) is 41.7. The lowest BCUT2D eigenvalue weighted by Crippen LogP contribution is -2.40. The largest absolute Gasteiger partial charge is 0.462 e. The van der Waals surface area contributed by atoms with Crippen LogP contribution in [0.25, 0.3) is 15.9 Å². The van der Waals surface area contributed by atoms with Crippen molar-refractivity contribution in [3.63, 3.8) is 0 Å². The maximum atomic E-state index is 13.3. The number of hydrogen-bond donors (Lipinski definition) is 0. The molecule has 1 aromatic carbocycles. The van der Waals surface area contributed by atoms with Gasteiger partial charge >= 0.3 is 11.7 Å². The molecule has 0 fully saturated rings. The second-order valence-corrected chi connectivity index (χ2v) is 8.25. The normalized spacial score (nSPS) is 11.4. The number of thiophene rings is 1. The highest BCUT2D eigenvalue weighted by Gasteiger charge is 2.24. The van der Waals surface area contributed by atoms with E-state index in [1.807, 2.05) is 19.0 Å². The van der Waals surface area contributed by atoms with Gasteiger partial charge in [-0.15, -0.1) is 11.3 Å². The lowest BCUT2D eigenvalue weighted by molar-refractivity contribution is 0.0531. The number of carbonyl (C=O) groups excluding carboxylic acids is 1. The van der Waals surface area contributed by atoms with Gasteiger partial charge in [0.25, 0.3) is 5.56 Å². The molecule has 0 aliphatic carbocycles. The number of rotatable bonds is 6. The van der Waals surface area contributed by atoms with Gasteiger partial charge in [0.05, 0.1) is 17.7 Å². The molecule has 0 aliphatic heterocycles. The average Bonchev–Trinajstić information content (AvgIpc) is 2.99. The molecule has 0 unspecified atom stereocenters. The molecule has 9 heteroatoms. The maximum absolute atomic E-state index is 13.3. The van der Waals surface area contributed by atoms with E-state index in [0.29, 0.717) is 44.5 Å². The van der Waals surface area contributed by atoms with Crippen molar-refractivity contribution in [2.75, 3.05) is 27.2 Å². The molecule has 0 saturated carbocycles. The molecule has 0 aliphatic rings. The van der Waals surface area contributed by atoms with Crippen LogP contribution in [0.15, 0.2) is 33.9 Å². The third-order valence-electron chi connectivity index (χ3n) is 4.51. The Morgan fingerprint density at radius 3 is 2.62 bits per heavy atom. The molecule has 3 aromatic rings. The molecule has 0 radical (unpaired) electrons. The van der Waals surface area contributed by atoms with Gasteiger partial charge in [-0.3, -0.25) is 9.36 Å². The van der Waals surface area contributed by atoms with Gasteiger partial charge < -0.3 is 9.64 Å². The summed E-state index contributed by atoms with van der Waals surface area (Å²) in [5, 5.41) is 0.763. The molecule has 29 heavy (non-hydrogen) atoms. The van der Waals surface area contributed by atoms with E-state index in [4.69, 9.17) is 16.3 Å². The molecule has 2 aromatic heterocycles. The first-order valence-electron chi connectivity index (χ1n) is 9.13. The number of aromatic nitrogens is 2. The fourth-order valence-electron chi connectivity index (χ4n) is 3.08. The van der Waals surface area contributed by atoms with Gasteiger partial charge in [-0.05, 0) is 51.7 Å². The van der Waals surface area contributed by atoms with Gasteiger partial charge in [-0.1, -0.05) is 17.7 Å². The molecular weight excluding hydrogens is 414 g/mol. The molecule has 0 spiro atoms. The number of ether oxygens (including phenoxy) is 1. The van der Waals surface area contributed by atoms with Crippen LogP contribution in [0.3, 0.4) is 0 Å². The van der Waals surface area contributed by atoms with Crippen molar-refractivity contribution >= 4 is 39.1 Å². The first-order chi connectivity index (χ1) is 13.8. The summed E-state index contributed by atoms with van der Waals surface area (Å²) in [6, 6.07) is 6.58. The second-order valence-electron chi connectivity index (χ2n) is 6.81. The number of fused-ring (bicyclic) bond motifs is 1. The van der Waals surface area contributed by atoms with Gasteiger partial charge in [0.15, 0.2) is 0 Å². The monoisotopic (exact) mass is 435 g/mol. The van der Waals surface area contributed by atoms with Crippen LogP contribution in [0.5, 0.6) is 0 Å². The van der Waals surface area contributed by atoms with Crippen LogP contribution < -0.4 is 11.2 Å². The smallest absolute Gasteiger partial charge is 0.348 e. The molecular formula is C20H22ClN3O4S. The molecule has 0 N–H and O–H groups in total. The zero-order valence-electron chi connectivity index (χ0n) is 16.7. The third kappa shape index (κ3) is 4.01. The van der Waals surface area contributed by atoms with Crippen LogP contribution in [0.2, 0.25) is 5.02 Å². The van der Waals surface area contributed by atoms with E-state index in [1.54, 1.807) is 38.1 Å². The number of esters is 1. The maximum Gasteiger partial charge on any atom is 0.348 e. The summed E-state index contributed by atoms with van der Waals surface area (Å²) >= 11 is 7.20. The first kappa shape index (κ1) is 21.3. The summed E-state index contributed by atoms with van der Waals surface area (Å²) in [6.07, 6.45) is 0. The van der Waals surface area contributed by atoms with E-state index in [1.165, 1.54) is 4.57 Å². The number of halogens is 1. The van der Waals surface area contributed by atoms with Gasteiger partial charge in [0.2, 0.25) is 0 Å². The van der Waals surface area contributed by atoms with E-state index < -0.39 is 17.2 Å². The lowest BCUT2D eigenvalue weighted by Gasteiger charge is -2.15. The Balaban J connectivity index is 2.38. The van der Waals surface area contributed by atoms with Crippen molar-refractivity contribution in [3.05, 3.63) is 60.6 Å². The third-order valence-corrected chi connectivity index (χ3v) is 6.04. The van der Waals surface area contributed by atoms with Crippen molar-refractivity contribution in [1.82, 2.24) is 14.0 Å². The van der Waals surface area contributed by atoms with E-state index in [-0.39, 0.29) is 6.61 Å². The number of nitrogens with zero attached hydrogens (tertiary/aromatic N) is 3. The summed E-state index contributed by atoms with van der Waals surface area (Å²) < 4.78 is 7.78. The van der Waals surface area contributed by atoms with Crippen LogP contribution >= 0.6 is 22.9 Å². The van der Waals surface area contributed by atoms with Crippen LogP contribution in [0, 0.1) is 6.92 Å². The topological polar surface area (TPSA) is 73.5 Å². The van der Waals surface area contributed by atoms with Gasteiger partial charge in [-0.25, -0.2) is 14.2 Å². The minimum Gasteiger partial charge on any atom is -0.462 e. The van der Waals surface area contributed by atoms with Crippen LogP contribution in [-0.2, 0) is 11.3 Å². The van der Waals surface area contributed by atoms with Crippen LogP contribution in [0.4, 0.5) is 0 Å². The predicted molar refractivity (Wildman–Crippen MR) is 116 cm³/mol. The summed E-state index contributed by atoms with van der Waals surface area (Å²) in [5.74, 6) is -0.494. The quantitative estimate of drug-likeness (QED) is 0.556. The molecule has 2 heterocycles. The first-order valence-corrected chi connectivity index (χ1v) is 10.3. The number of benzene rings is 1. The summed E-state index contributed by atoms with van der Waals surface area (Å²) in [5.41, 5.74) is -0.0416. The highest BCUT2D eigenvalue weighted by Crippen LogP contribution is 2.29. The van der Waals surface area contributed by atoms with E-state index in [2.05, 4.69) is 0 Å². The van der Waals surface area contributed by atoms with E-state index in [0.717, 1.165) is 15.9 Å². The molecule has 0 atom stereocenters. The summed E-state index contributed by atoms with van der Waals surface area (Å²) in [7, 11) is 3.80. The number of likely N-dealkylation sites (N-methyl/N-ethyl adjacent to an activating group) is 1. The Morgan fingerprint density at radius 2 is 2.00 bits per heavy atom. The Bertz CT molecular complexity index is 1190. The molecule has 0 amide bonds.